The Morgan fingerprint density at radius 3 is 2.38 bits per heavy atom. The molecule has 0 unspecified atom stereocenters. The summed E-state index contributed by atoms with van der Waals surface area (Å²) >= 11 is 0. The molecular formula is C17H25N3O. The molecular weight excluding hydrogens is 262 g/mol. The van der Waals surface area contributed by atoms with E-state index in [-0.39, 0.29) is 11.9 Å². The first kappa shape index (κ1) is 14.4. The van der Waals surface area contributed by atoms with Crippen molar-refractivity contribution in [3.05, 3.63) is 24.3 Å². The Kier molecular flexibility index (Phi) is 4.76. The van der Waals surface area contributed by atoms with Crippen molar-refractivity contribution >= 4 is 17.3 Å². The van der Waals surface area contributed by atoms with E-state index in [0.29, 0.717) is 0 Å². The van der Waals surface area contributed by atoms with Gasteiger partial charge in [-0.1, -0.05) is 12.8 Å². The summed E-state index contributed by atoms with van der Waals surface area (Å²) in [6.07, 6.45) is 7.29. The smallest absolute Gasteiger partial charge is 0.241 e. The second-order valence-electron chi connectivity index (χ2n) is 6.09. The van der Waals surface area contributed by atoms with Gasteiger partial charge in [0, 0.05) is 24.5 Å². The van der Waals surface area contributed by atoms with Gasteiger partial charge in [0.2, 0.25) is 5.91 Å². The topological polar surface area (TPSA) is 44.4 Å². The fourth-order valence-electron chi connectivity index (χ4n) is 3.22. The minimum absolute atomic E-state index is 0.0183. The minimum Gasteiger partial charge on any atom is -0.372 e. The van der Waals surface area contributed by atoms with Gasteiger partial charge in [-0.2, -0.15) is 0 Å². The van der Waals surface area contributed by atoms with Crippen LogP contribution in [0.25, 0.3) is 0 Å². The van der Waals surface area contributed by atoms with Crippen LogP contribution in [0.3, 0.4) is 0 Å². The van der Waals surface area contributed by atoms with E-state index in [0.717, 1.165) is 38.2 Å². The Balaban J connectivity index is 1.59. The molecule has 0 aromatic heterocycles. The van der Waals surface area contributed by atoms with Crippen molar-refractivity contribution in [1.29, 1.82) is 0 Å². The molecule has 4 nitrogen and oxygen atoms in total. The zero-order chi connectivity index (χ0) is 14.5. The van der Waals surface area contributed by atoms with Crippen LogP contribution in [-0.2, 0) is 4.79 Å². The van der Waals surface area contributed by atoms with Crippen molar-refractivity contribution in [3.63, 3.8) is 0 Å². The summed E-state index contributed by atoms with van der Waals surface area (Å²) in [5.41, 5.74) is 2.17. The maximum Gasteiger partial charge on any atom is 0.241 e. The molecule has 0 spiro atoms. The summed E-state index contributed by atoms with van der Waals surface area (Å²) in [6.45, 7) is 3.25. The molecule has 114 valence electrons. The van der Waals surface area contributed by atoms with Gasteiger partial charge in [0.1, 0.15) is 0 Å². The van der Waals surface area contributed by atoms with Gasteiger partial charge in [0.25, 0.3) is 0 Å². The second-order valence-corrected chi connectivity index (χ2v) is 6.09. The van der Waals surface area contributed by atoms with Crippen molar-refractivity contribution in [2.75, 3.05) is 29.9 Å². The number of nitrogens with one attached hydrogen (secondary N) is 2. The third-order valence-corrected chi connectivity index (χ3v) is 4.48. The van der Waals surface area contributed by atoms with Gasteiger partial charge in [-0.05, 0) is 56.5 Å². The minimum atomic E-state index is -0.0183. The predicted octanol–water partition coefficient (Wildman–Crippen LogP) is 2.76. The van der Waals surface area contributed by atoms with Crippen LogP contribution in [0.2, 0.25) is 0 Å². The maximum atomic E-state index is 12.1. The first-order chi connectivity index (χ1) is 10.3. The van der Waals surface area contributed by atoms with E-state index < -0.39 is 0 Å². The van der Waals surface area contributed by atoms with Gasteiger partial charge in [-0.3, -0.25) is 4.79 Å². The van der Waals surface area contributed by atoms with Gasteiger partial charge >= 0.3 is 0 Å². The highest BCUT2D eigenvalue weighted by Crippen LogP contribution is 2.22. The number of nitrogens with zero attached hydrogens (tertiary/aromatic N) is 1. The van der Waals surface area contributed by atoms with Crippen LogP contribution in [-0.4, -0.2) is 31.6 Å². The van der Waals surface area contributed by atoms with E-state index in [9.17, 15) is 4.79 Å². The number of anilines is 2. The lowest BCUT2D eigenvalue weighted by Crippen LogP contribution is -2.35. The highest BCUT2D eigenvalue weighted by Gasteiger charge is 2.21. The van der Waals surface area contributed by atoms with E-state index >= 15 is 0 Å². The fourth-order valence-corrected chi connectivity index (χ4v) is 3.22. The zero-order valence-corrected chi connectivity index (χ0v) is 12.6. The normalized spacial score (nSPS) is 22.9. The number of benzene rings is 1. The van der Waals surface area contributed by atoms with Gasteiger partial charge in [-0.15, -0.1) is 0 Å². The molecule has 0 saturated carbocycles. The molecule has 1 amide bonds. The fraction of sp³-hybridized carbons (Fsp3) is 0.588. The first-order valence-electron chi connectivity index (χ1n) is 8.22. The van der Waals surface area contributed by atoms with E-state index in [1.807, 2.05) is 12.1 Å². The monoisotopic (exact) mass is 287 g/mol. The zero-order valence-electron chi connectivity index (χ0n) is 12.6. The molecule has 2 N–H and O–H groups in total. The molecule has 1 aromatic rings. The maximum absolute atomic E-state index is 12.1. The number of amides is 1. The standard InChI is InChI=1S/C17H25N3O/c21-17(16-6-5-11-18-16)19-14-7-9-15(10-8-14)20-12-3-1-2-4-13-20/h7-10,16,18H,1-6,11-13H2,(H,19,21)/t16-/m1/s1. The number of hydrogen-bond acceptors (Lipinski definition) is 3. The van der Waals surface area contributed by atoms with Crippen LogP contribution >= 0.6 is 0 Å². The first-order valence-corrected chi connectivity index (χ1v) is 8.22. The number of hydrogen-bond donors (Lipinski definition) is 2. The number of carbonyl (C=O) groups excluding carboxylic acids is 1. The molecule has 0 radical (unpaired) electrons. The summed E-state index contributed by atoms with van der Waals surface area (Å²) < 4.78 is 0. The lowest BCUT2D eigenvalue weighted by atomic mass is 10.2. The summed E-state index contributed by atoms with van der Waals surface area (Å²) in [4.78, 5) is 14.5. The molecule has 2 aliphatic rings. The van der Waals surface area contributed by atoms with Crippen LogP contribution in [0.4, 0.5) is 11.4 Å². The Hall–Kier alpha value is -1.55. The molecule has 0 bridgehead atoms. The molecule has 1 atom stereocenters. The Bertz CT molecular complexity index is 457. The molecule has 2 saturated heterocycles. The summed E-state index contributed by atoms with van der Waals surface area (Å²) in [7, 11) is 0. The molecule has 0 aliphatic carbocycles. The third-order valence-electron chi connectivity index (χ3n) is 4.48. The third kappa shape index (κ3) is 3.76. The van der Waals surface area contributed by atoms with Crippen LogP contribution in [0.15, 0.2) is 24.3 Å². The molecule has 2 heterocycles. The molecule has 3 rings (SSSR count). The SMILES string of the molecule is O=C(Nc1ccc(N2CCCCCC2)cc1)[C@H]1CCCN1. The van der Waals surface area contributed by atoms with Crippen molar-refractivity contribution in [2.24, 2.45) is 0 Å². The quantitative estimate of drug-likeness (QED) is 0.898. The molecule has 21 heavy (non-hydrogen) atoms. The molecule has 4 heteroatoms. The van der Waals surface area contributed by atoms with E-state index in [1.165, 1.54) is 31.4 Å². The predicted molar refractivity (Wildman–Crippen MR) is 86.8 cm³/mol. The summed E-state index contributed by atoms with van der Waals surface area (Å²) in [5.74, 6) is 0.0926. The van der Waals surface area contributed by atoms with Crippen LogP contribution in [0.5, 0.6) is 0 Å². The van der Waals surface area contributed by atoms with Gasteiger partial charge < -0.3 is 15.5 Å². The largest absolute Gasteiger partial charge is 0.372 e. The van der Waals surface area contributed by atoms with Gasteiger partial charge in [-0.25, -0.2) is 0 Å². The average Bonchev–Trinajstić information content (AvgIpc) is 2.91. The van der Waals surface area contributed by atoms with Gasteiger partial charge in [0.15, 0.2) is 0 Å². The Morgan fingerprint density at radius 2 is 1.76 bits per heavy atom. The molecule has 2 fully saturated rings. The van der Waals surface area contributed by atoms with Crippen LogP contribution < -0.4 is 15.5 Å². The lowest BCUT2D eigenvalue weighted by Gasteiger charge is -2.23. The van der Waals surface area contributed by atoms with E-state index in [4.69, 9.17) is 0 Å². The summed E-state index contributed by atoms with van der Waals surface area (Å²) in [5, 5.41) is 6.23. The molecule has 1 aromatic carbocycles. The Morgan fingerprint density at radius 1 is 1.05 bits per heavy atom. The van der Waals surface area contributed by atoms with Crippen LogP contribution in [0.1, 0.15) is 38.5 Å². The highest BCUT2D eigenvalue weighted by atomic mass is 16.2. The van der Waals surface area contributed by atoms with Gasteiger partial charge in [0.05, 0.1) is 6.04 Å². The summed E-state index contributed by atoms with van der Waals surface area (Å²) in [6, 6.07) is 8.28. The Labute approximate surface area is 126 Å². The van der Waals surface area contributed by atoms with Crippen molar-refractivity contribution < 1.29 is 4.79 Å². The second kappa shape index (κ2) is 6.94. The van der Waals surface area contributed by atoms with Crippen molar-refractivity contribution in [3.8, 4) is 0 Å². The average molecular weight is 287 g/mol. The van der Waals surface area contributed by atoms with E-state index in [2.05, 4.69) is 27.7 Å². The van der Waals surface area contributed by atoms with Crippen molar-refractivity contribution in [1.82, 2.24) is 5.32 Å². The number of carbonyl (C=O) groups is 1. The lowest BCUT2D eigenvalue weighted by molar-refractivity contribution is -0.117. The highest BCUT2D eigenvalue weighted by molar-refractivity contribution is 5.95. The molecule has 2 aliphatic heterocycles. The van der Waals surface area contributed by atoms with Crippen molar-refractivity contribution in [2.45, 2.75) is 44.6 Å². The number of rotatable bonds is 3. The van der Waals surface area contributed by atoms with Crippen LogP contribution in [0, 0.1) is 0 Å². The van der Waals surface area contributed by atoms with E-state index in [1.54, 1.807) is 0 Å².